The molecule has 0 unspecified atom stereocenters. The molecule has 0 saturated heterocycles. The van der Waals surface area contributed by atoms with Crippen molar-refractivity contribution < 1.29 is 0 Å². The van der Waals surface area contributed by atoms with Crippen molar-refractivity contribution in [3.8, 4) is 0 Å². The maximum Gasteiger partial charge on any atom is 0.0819 e. The minimum atomic E-state index is 0.589. The first-order valence-electron chi connectivity index (χ1n) is 8.62. The normalized spacial score (nSPS) is 19.9. The number of anilines is 2. The molecule has 1 saturated carbocycles. The number of hydrogen-bond donors (Lipinski definition) is 3. The molecule has 23 heavy (non-hydrogen) atoms. The molecule has 2 aliphatic rings. The maximum absolute atomic E-state index is 4.59. The zero-order chi connectivity index (χ0) is 16.3. The summed E-state index contributed by atoms with van der Waals surface area (Å²) in [7, 11) is 1.94. The Labute approximate surface area is 139 Å². The molecule has 1 aliphatic heterocycles. The van der Waals surface area contributed by atoms with Crippen molar-refractivity contribution in [2.45, 2.75) is 39.0 Å². The summed E-state index contributed by atoms with van der Waals surface area (Å²) in [6.07, 6.45) is 6.34. The molecule has 1 spiro atoms. The summed E-state index contributed by atoms with van der Waals surface area (Å²) in [5.74, 6) is 0. The topological polar surface area (TPSA) is 48.5 Å². The number of hydrazone groups is 1. The van der Waals surface area contributed by atoms with Gasteiger partial charge in [-0.25, -0.2) is 0 Å². The summed E-state index contributed by atoms with van der Waals surface area (Å²) in [5, 5.41) is 11.3. The van der Waals surface area contributed by atoms with Crippen LogP contribution in [-0.2, 0) is 0 Å². The molecule has 0 radical (unpaired) electrons. The second-order valence-corrected chi connectivity index (χ2v) is 6.95. The number of aryl methyl sites for hydroxylation is 1. The molecule has 4 nitrogen and oxygen atoms in total. The molecule has 1 aliphatic carbocycles. The first kappa shape index (κ1) is 15.9. The van der Waals surface area contributed by atoms with Crippen LogP contribution in [0, 0.1) is 12.3 Å². The van der Waals surface area contributed by atoms with E-state index in [2.05, 4.69) is 52.9 Å². The fourth-order valence-corrected chi connectivity index (χ4v) is 3.23. The summed E-state index contributed by atoms with van der Waals surface area (Å²) in [5.41, 5.74) is 9.56. The third kappa shape index (κ3) is 3.87. The average molecular weight is 312 g/mol. The van der Waals surface area contributed by atoms with Gasteiger partial charge in [-0.3, -0.25) is 0 Å². The third-order valence-corrected chi connectivity index (χ3v) is 5.28. The Morgan fingerprint density at radius 1 is 1.26 bits per heavy atom. The molecule has 1 aromatic rings. The minimum Gasteiger partial charge on any atom is -0.388 e. The van der Waals surface area contributed by atoms with Gasteiger partial charge >= 0.3 is 0 Å². The zero-order valence-corrected chi connectivity index (χ0v) is 14.3. The number of benzene rings is 1. The van der Waals surface area contributed by atoms with Gasteiger partial charge in [-0.1, -0.05) is 12.6 Å². The van der Waals surface area contributed by atoms with Crippen LogP contribution in [0.25, 0.3) is 0 Å². The van der Waals surface area contributed by atoms with Gasteiger partial charge in [-0.05, 0) is 67.7 Å². The maximum atomic E-state index is 4.59. The van der Waals surface area contributed by atoms with Crippen molar-refractivity contribution in [2.24, 2.45) is 10.5 Å². The molecule has 0 bridgehead atoms. The second-order valence-electron chi connectivity index (χ2n) is 6.95. The lowest BCUT2D eigenvalue weighted by molar-refractivity contribution is 0.422. The fourth-order valence-electron chi connectivity index (χ4n) is 3.23. The SMILES string of the molecule is C=C1CCC2(CCNN=C1CNc1cc(NC)ccc1C)CC2. The lowest BCUT2D eigenvalue weighted by Crippen LogP contribution is -2.20. The highest BCUT2D eigenvalue weighted by Gasteiger charge is 2.41. The van der Waals surface area contributed by atoms with Gasteiger partial charge in [0.05, 0.1) is 12.3 Å². The molecule has 3 rings (SSSR count). The van der Waals surface area contributed by atoms with Crippen LogP contribution in [0.5, 0.6) is 0 Å². The highest BCUT2D eigenvalue weighted by atomic mass is 15.3. The summed E-state index contributed by atoms with van der Waals surface area (Å²) in [6.45, 7) is 8.09. The number of nitrogens with one attached hydrogen (secondary N) is 3. The highest BCUT2D eigenvalue weighted by molar-refractivity contribution is 6.02. The predicted molar refractivity (Wildman–Crippen MR) is 99.3 cm³/mol. The average Bonchev–Trinajstić information content (AvgIpc) is 3.32. The van der Waals surface area contributed by atoms with Gasteiger partial charge in [0.15, 0.2) is 0 Å². The summed E-state index contributed by atoms with van der Waals surface area (Å²) >= 11 is 0. The monoisotopic (exact) mass is 312 g/mol. The first-order chi connectivity index (χ1) is 11.1. The van der Waals surface area contributed by atoms with Crippen LogP contribution in [0.2, 0.25) is 0 Å². The molecular formula is C19H28N4. The van der Waals surface area contributed by atoms with Gasteiger partial charge in [-0.15, -0.1) is 0 Å². The van der Waals surface area contributed by atoms with E-state index in [-0.39, 0.29) is 0 Å². The molecule has 1 heterocycles. The minimum absolute atomic E-state index is 0.589. The number of rotatable bonds is 4. The Morgan fingerprint density at radius 2 is 2.09 bits per heavy atom. The van der Waals surface area contributed by atoms with Crippen LogP contribution >= 0.6 is 0 Å². The van der Waals surface area contributed by atoms with Crippen LogP contribution in [0.15, 0.2) is 35.5 Å². The van der Waals surface area contributed by atoms with Gasteiger partial charge in [0.2, 0.25) is 0 Å². The lowest BCUT2D eigenvalue weighted by Gasteiger charge is -2.15. The Hall–Kier alpha value is -1.97. The molecule has 3 N–H and O–H groups in total. The van der Waals surface area contributed by atoms with E-state index in [0.717, 1.165) is 30.1 Å². The van der Waals surface area contributed by atoms with E-state index in [4.69, 9.17) is 0 Å². The van der Waals surface area contributed by atoms with Gasteiger partial charge in [0, 0.05) is 25.0 Å². The van der Waals surface area contributed by atoms with Gasteiger partial charge in [-0.2, -0.15) is 5.10 Å². The Kier molecular flexibility index (Phi) is 4.60. The van der Waals surface area contributed by atoms with Crippen molar-refractivity contribution in [3.63, 3.8) is 0 Å². The Morgan fingerprint density at radius 3 is 2.83 bits per heavy atom. The predicted octanol–water partition coefficient (Wildman–Crippen LogP) is 3.91. The van der Waals surface area contributed by atoms with Crippen LogP contribution < -0.4 is 16.1 Å². The van der Waals surface area contributed by atoms with E-state index >= 15 is 0 Å². The molecular weight excluding hydrogens is 284 g/mol. The highest BCUT2D eigenvalue weighted by Crippen LogP contribution is 2.52. The van der Waals surface area contributed by atoms with E-state index in [1.807, 2.05) is 7.05 Å². The van der Waals surface area contributed by atoms with Crippen LogP contribution in [-0.4, -0.2) is 25.8 Å². The van der Waals surface area contributed by atoms with E-state index in [0.29, 0.717) is 12.0 Å². The largest absolute Gasteiger partial charge is 0.388 e. The van der Waals surface area contributed by atoms with Crippen molar-refractivity contribution in [1.29, 1.82) is 0 Å². The second kappa shape index (κ2) is 6.65. The summed E-state index contributed by atoms with van der Waals surface area (Å²) < 4.78 is 0. The zero-order valence-electron chi connectivity index (χ0n) is 14.3. The quantitative estimate of drug-likeness (QED) is 0.790. The van der Waals surface area contributed by atoms with E-state index in [1.165, 1.54) is 36.8 Å². The van der Waals surface area contributed by atoms with E-state index in [9.17, 15) is 0 Å². The van der Waals surface area contributed by atoms with Gasteiger partial charge < -0.3 is 16.1 Å². The fraction of sp³-hybridized carbons (Fsp3) is 0.526. The van der Waals surface area contributed by atoms with Gasteiger partial charge in [0.1, 0.15) is 0 Å². The van der Waals surface area contributed by atoms with Crippen molar-refractivity contribution in [1.82, 2.24) is 5.43 Å². The Balaban J connectivity index is 1.65. The van der Waals surface area contributed by atoms with E-state index < -0.39 is 0 Å². The molecule has 0 aromatic heterocycles. The molecule has 124 valence electrons. The molecule has 1 aromatic carbocycles. The van der Waals surface area contributed by atoms with Gasteiger partial charge in [0.25, 0.3) is 0 Å². The van der Waals surface area contributed by atoms with Crippen molar-refractivity contribution in [2.75, 3.05) is 30.8 Å². The van der Waals surface area contributed by atoms with Crippen LogP contribution in [0.4, 0.5) is 11.4 Å². The number of hydrogen-bond acceptors (Lipinski definition) is 4. The smallest absolute Gasteiger partial charge is 0.0819 e. The van der Waals surface area contributed by atoms with Crippen molar-refractivity contribution >= 4 is 17.1 Å². The summed E-state index contributed by atoms with van der Waals surface area (Å²) in [4.78, 5) is 0. The molecule has 1 fully saturated rings. The molecule has 0 amide bonds. The van der Waals surface area contributed by atoms with Crippen molar-refractivity contribution in [3.05, 3.63) is 35.9 Å². The summed E-state index contributed by atoms with van der Waals surface area (Å²) in [6, 6.07) is 6.36. The lowest BCUT2D eigenvalue weighted by atomic mass is 9.93. The van der Waals surface area contributed by atoms with Crippen LogP contribution in [0.1, 0.15) is 37.7 Å². The van der Waals surface area contributed by atoms with Crippen LogP contribution in [0.3, 0.4) is 0 Å². The standard InChI is InChI=1S/C19H28N4/c1-14-4-5-16(20-3)12-17(14)21-13-18-15(2)6-7-19(8-9-19)10-11-22-23-18/h4-5,12,20-22H,2,6-11,13H2,1,3H3. The van der Waals surface area contributed by atoms with E-state index in [1.54, 1.807) is 0 Å². The Bertz CT molecular complexity index is 614. The third-order valence-electron chi connectivity index (χ3n) is 5.28. The molecule has 4 heteroatoms. The molecule has 0 atom stereocenters. The first-order valence-corrected chi connectivity index (χ1v) is 8.62. The number of nitrogens with zero attached hydrogens (tertiary/aromatic N) is 1.